The summed E-state index contributed by atoms with van der Waals surface area (Å²) >= 11 is 5.99. The first-order valence-corrected chi connectivity index (χ1v) is 6.98. The molecule has 0 saturated heterocycles. The van der Waals surface area contributed by atoms with Gasteiger partial charge in [0, 0.05) is 5.02 Å². The molecule has 0 bridgehead atoms. The molecule has 17 heavy (non-hydrogen) atoms. The second kappa shape index (κ2) is 5.88. The zero-order chi connectivity index (χ0) is 12.3. The Bertz CT molecular complexity index is 369. The smallest absolute Gasteiger partial charge is 0.0795 e. The number of halogens is 1. The largest absolute Gasteiger partial charge is 0.388 e. The van der Waals surface area contributed by atoms with Gasteiger partial charge in [0.1, 0.15) is 0 Å². The molecule has 0 heterocycles. The average Bonchev–Trinajstić information content (AvgIpc) is 2.33. The fourth-order valence-corrected chi connectivity index (χ4v) is 3.02. The summed E-state index contributed by atoms with van der Waals surface area (Å²) in [6.07, 6.45) is 7.10. The molecule has 1 aromatic carbocycles. The molecule has 1 unspecified atom stereocenters. The average molecular weight is 253 g/mol. The van der Waals surface area contributed by atoms with E-state index in [0.717, 1.165) is 17.5 Å². The minimum absolute atomic E-state index is 0.350. The molecule has 1 saturated carbocycles. The van der Waals surface area contributed by atoms with Crippen LogP contribution in [0.1, 0.15) is 55.8 Å². The number of aliphatic hydroxyl groups excluding tert-OH is 1. The number of benzene rings is 1. The predicted octanol–water partition coefficient (Wildman–Crippen LogP) is 4.65. The van der Waals surface area contributed by atoms with Gasteiger partial charge in [0.05, 0.1) is 6.10 Å². The lowest BCUT2D eigenvalue weighted by Crippen LogP contribution is -2.11. The third-order valence-corrected chi connectivity index (χ3v) is 4.12. The van der Waals surface area contributed by atoms with Crippen molar-refractivity contribution in [2.24, 2.45) is 5.92 Å². The number of rotatable bonds is 3. The molecule has 0 amide bonds. The fraction of sp³-hybridized carbons (Fsp3) is 0.600. The molecule has 1 aromatic rings. The number of aliphatic hydroxyl groups is 1. The molecule has 94 valence electrons. The lowest BCUT2D eigenvalue weighted by molar-refractivity contribution is 0.131. The summed E-state index contributed by atoms with van der Waals surface area (Å²) in [7, 11) is 0. The first-order valence-electron chi connectivity index (χ1n) is 6.61. The lowest BCUT2D eigenvalue weighted by atomic mass is 9.83. The van der Waals surface area contributed by atoms with E-state index in [1.165, 1.54) is 32.1 Å². The fourth-order valence-electron chi connectivity index (χ4n) is 2.84. The van der Waals surface area contributed by atoms with E-state index < -0.39 is 0 Å². The van der Waals surface area contributed by atoms with E-state index in [-0.39, 0.29) is 6.10 Å². The number of aryl methyl sites for hydroxylation is 1. The van der Waals surface area contributed by atoms with E-state index in [2.05, 4.69) is 0 Å². The number of hydrogen-bond donors (Lipinski definition) is 1. The van der Waals surface area contributed by atoms with Gasteiger partial charge >= 0.3 is 0 Å². The zero-order valence-corrected chi connectivity index (χ0v) is 11.2. The zero-order valence-electron chi connectivity index (χ0n) is 10.5. The molecular weight excluding hydrogens is 232 g/mol. The van der Waals surface area contributed by atoms with Gasteiger partial charge < -0.3 is 5.11 Å². The monoisotopic (exact) mass is 252 g/mol. The Kier molecular flexibility index (Phi) is 4.47. The van der Waals surface area contributed by atoms with Gasteiger partial charge in [-0.15, -0.1) is 0 Å². The molecule has 0 radical (unpaired) electrons. The molecule has 1 nitrogen and oxygen atoms in total. The van der Waals surface area contributed by atoms with Crippen LogP contribution in [-0.2, 0) is 0 Å². The molecule has 0 spiro atoms. The molecule has 2 heteroatoms. The molecule has 0 aromatic heterocycles. The summed E-state index contributed by atoms with van der Waals surface area (Å²) in [5.41, 5.74) is 2.14. The van der Waals surface area contributed by atoms with Crippen LogP contribution in [-0.4, -0.2) is 5.11 Å². The molecule has 0 aliphatic heterocycles. The maximum Gasteiger partial charge on any atom is 0.0795 e. The van der Waals surface area contributed by atoms with Crippen LogP contribution in [0.4, 0.5) is 0 Å². The van der Waals surface area contributed by atoms with Gasteiger partial charge in [0.2, 0.25) is 0 Å². The third-order valence-electron chi connectivity index (χ3n) is 3.88. The molecule has 1 fully saturated rings. The highest BCUT2D eigenvalue weighted by Gasteiger charge is 2.19. The topological polar surface area (TPSA) is 20.2 Å². The van der Waals surface area contributed by atoms with Crippen LogP contribution in [0.2, 0.25) is 5.02 Å². The molecule has 1 N–H and O–H groups in total. The lowest BCUT2D eigenvalue weighted by Gasteiger charge is -2.24. The Morgan fingerprint density at radius 3 is 2.71 bits per heavy atom. The Morgan fingerprint density at radius 2 is 2.00 bits per heavy atom. The summed E-state index contributed by atoms with van der Waals surface area (Å²) in [4.78, 5) is 0. The van der Waals surface area contributed by atoms with Crippen molar-refractivity contribution >= 4 is 11.6 Å². The maximum absolute atomic E-state index is 10.3. The van der Waals surface area contributed by atoms with Crippen molar-refractivity contribution in [1.82, 2.24) is 0 Å². The van der Waals surface area contributed by atoms with Gasteiger partial charge in [-0.05, 0) is 42.5 Å². The Morgan fingerprint density at radius 1 is 1.29 bits per heavy atom. The van der Waals surface area contributed by atoms with E-state index >= 15 is 0 Å². The van der Waals surface area contributed by atoms with Crippen molar-refractivity contribution < 1.29 is 5.11 Å². The summed E-state index contributed by atoms with van der Waals surface area (Å²) in [5.74, 6) is 0.692. The highest BCUT2D eigenvalue weighted by Crippen LogP contribution is 2.33. The van der Waals surface area contributed by atoms with Crippen molar-refractivity contribution in [3.05, 3.63) is 34.3 Å². The third kappa shape index (κ3) is 3.46. The van der Waals surface area contributed by atoms with E-state index in [0.29, 0.717) is 10.9 Å². The maximum atomic E-state index is 10.3. The summed E-state index contributed by atoms with van der Waals surface area (Å²) in [6, 6.07) is 5.78. The first-order chi connectivity index (χ1) is 8.16. The van der Waals surface area contributed by atoms with Crippen molar-refractivity contribution in [1.29, 1.82) is 0 Å². The van der Waals surface area contributed by atoms with Gasteiger partial charge in [-0.1, -0.05) is 49.8 Å². The second-order valence-corrected chi connectivity index (χ2v) is 5.69. The standard InChI is InChI=1S/C15H21ClO/c1-11-7-8-13(16)10-14(11)15(17)9-12-5-3-2-4-6-12/h7-8,10,12,15,17H,2-6,9H2,1H3. The highest BCUT2D eigenvalue weighted by atomic mass is 35.5. The molecule has 2 rings (SSSR count). The van der Waals surface area contributed by atoms with E-state index in [9.17, 15) is 5.11 Å². The van der Waals surface area contributed by atoms with Crippen molar-refractivity contribution in [3.8, 4) is 0 Å². The van der Waals surface area contributed by atoms with Crippen LogP contribution >= 0.6 is 11.6 Å². The Hall–Kier alpha value is -0.530. The van der Waals surface area contributed by atoms with Crippen LogP contribution in [0.25, 0.3) is 0 Å². The molecule has 1 aliphatic carbocycles. The van der Waals surface area contributed by atoms with Crippen LogP contribution in [0.5, 0.6) is 0 Å². The Balaban J connectivity index is 2.02. The van der Waals surface area contributed by atoms with Crippen LogP contribution < -0.4 is 0 Å². The SMILES string of the molecule is Cc1ccc(Cl)cc1C(O)CC1CCCCC1. The van der Waals surface area contributed by atoms with Gasteiger partial charge in [-0.25, -0.2) is 0 Å². The summed E-state index contributed by atoms with van der Waals surface area (Å²) < 4.78 is 0. The van der Waals surface area contributed by atoms with Crippen molar-refractivity contribution in [3.63, 3.8) is 0 Å². The van der Waals surface area contributed by atoms with Gasteiger partial charge in [-0.3, -0.25) is 0 Å². The minimum atomic E-state index is -0.350. The van der Waals surface area contributed by atoms with E-state index in [1.807, 2.05) is 25.1 Å². The van der Waals surface area contributed by atoms with Crippen molar-refractivity contribution in [2.75, 3.05) is 0 Å². The normalized spacial score (nSPS) is 19.2. The number of hydrogen-bond acceptors (Lipinski definition) is 1. The quantitative estimate of drug-likeness (QED) is 0.830. The predicted molar refractivity (Wildman–Crippen MR) is 72.3 cm³/mol. The summed E-state index contributed by atoms with van der Waals surface area (Å²) in [6.45, 7) is 2.04. The van der Waals surface area contributed by atoms with Gasteiger partial charge in [0.15, 0.2) is 0 Å². The van der Waals surface area contributed by atoms with E-state index in [4.69, 9.17) is 11.6 Å². The minimum Gasteiger partial charge on any atom is -0.388 e. The van der Waals surface area contributed by atoms with Crippen molar-refractivity contribution in [2.45, 2.75) is 51.6 Å². The van der Waals surface area contributed by atoms with Gasteiger partial charge in [0.25, 0.3) is 0 Å². The molecule has 1 aliphatic rings. The molecular formula is C15H21ClO. The van der Waals surface area contributed by atoms with Crippen LogP contribution in [0.15, 0.2) is 18.2 Å². The van der Waals surface area contributed by atoms with Crippen LogP contribution in [0, 0.1) is 12.8 Å². The highest BCUT2D eigenvalue weighted by molar-refractivity contribution is 6.30. The Labute approximate surface area is 109 Å². The molecule has 1 atom stereocenters. The van der Waals surface area contributed by atoms with Crippen LogP contribution in [0.3, 0.4) is 0 Å². The van der Waals surface area contributed by atoms with E-state index in [1.54, 1.807) is 0 Å². The summed E-state index contributed by atoms with van der Waals surface area (Å²) in [5, 5.41) is 11.0. The second-order valence-electron chi connectivity index (χ2n) is 5.26. The first kappa shape index (κ1) is 12.9. The van der Waals surface area contributed by atoms with Gasteiger partial charge in [-0.2, -0.15) is 0 Å².